The van der Waals surface area contributed by atoms with E-state index in [0.29, 0.717) is 16.8 Å². The fourth-order valence-corrected chi connectivity index (χ4v) is 4.68. The Labute approximate surface area is 250 Å². The standard InChI is InChI=1S/C34H34N4O5/c1-34(2,3)43-33(42)37-29(21-23-13-17-28(39)18-14-23)32(41)38(20-19-35)30(25-10-5-4-6-11-25)31(40)36-27-16-15-24-9-7-8-12-26(24)22-27/h4-18,22,29-30,39H,20-21H2,1-3H3,(H,36,40)(H,37,42). The lowest BCUT2D eigenvalue weighted by Crippen LogP contribution is -2.53. The van der Waals surface area contributed by atoms with Crippen molar-refractivity contribution in [3.8, 4) is 11.8 Å². The zero-order valence-corrected chi connectivity index (χ0v) is 24.3. The summed E-state index contributed by atoms with van der Waals surface area (Å²) in [4.78, 5) is 42.2. The van der Waals surface area contributed by atoms with Gasteiger partial charge in [-0.2, -0.15) is 5.26 Å². The van der Waals surface area contributed by atoms with Crippen LogP contribution in [-0.2, 0) is 20.7 Å². The van der Waals surface area contributed by atoms with Gasteiger partial charge in [0.1, 0.15) is 30.0 Å². The Morgan fingerprint density at radius 1 is 0.907 bits per heavy atom. The van der Waals surface area contributed by atoms with Crippen molar-refractivity contribution in [1.82, 2.24) is 10.2 Å². The van der Waals surface area contributed by atoms with E-state index in [1.54, 1.807) is 69.3 Å². The first-order valence-electron chi connectivity index (χ1n) is 13.8. The number of carbonyl (C=O) groups is 3. The molecule has 0 fully saturated rings. The number of rotatable bonds is 9. The summed E-state index contributed by atoms with van der Waals surface area (Å²) in [7, 11) is 0. The van der Waals surface area contributed by atoms with Crippen LogP contribution in [0.15, 0.2) is 97.1 Å². The lowest BCUT2D eigenvalue weighted by atomic mass is 10.00. The third kappa shape index (κ3) is 8.33. The van der Waals surface area contributed by atoms with E-state index in [4.69, 9.17) is 4.74 Å². The van der Waals surface area contributed by atoms with E-state index >= 15 is 0 Å². The van der Waals surface area contributed by atoms with Crippen molar-refractivity contribution in [2.24, 2.45) is 0 Å². The third-order valence-corrected chi connectivity index (χ3v) is 6.58. The van der Waals surface area contributed by atoms with Crippen molar-refractivity contribution in [2.75, 3.05) is 11.9 Å². The van der Waals surface area contributed by atoms with Crippen molar-refractivity contribution in [3.63, 3.8) is 0 Å². The van der Waals surface area contributed by atoms with Gasteiger partial charge in [-0.05, 0) is 66.9 Å². The average molecular weight is 579 g/mol. The second-order valence-electron chi connectivity index (χ2n) is 11.1. The van der Waals surface area contributed by atoms with Crippen LogP contribution >= 0.6 is 0 Å². The first-order valence-corrected chi connectivity index (χ1v) is 13.8. The van der Waals surface area contributed by atoms with Gasteiger partial charge in [0.25, 0.3) is 5.91 Å². The van der Waals surface area contributed by atoms with Crippen molar-refractivity contribution in [2.45, 2.75) is 44.9 Å². The first-order chi connectivity index (χ1) is 20.5. The molecule has 0 radical (unpaired) electrons. The van der Waals surface area contributed by atoms with E-state index < -0.39 is 42.1 Å². The molecule has 2 atom stereocenters. The smallest absolute Gasteiger partial charge is 0.408 e. The molecule has 0 bridgehead atoms. The summed E-state index contributed by atoms with van der Waals surface area (Å²) >= 11 is 0. The predicted molar refractivity (Wildman–Crippen MR) is 164 cm³/mol. The molecule has 3 amide bonds. The van der Waals surface area contributed by atoms with Gasteiger partial charge in [0, 0.05) is 12.1 Å². The number of nitriles is 1. The maximum absolute atomic E-state index is 14.2. The minimum atomic E-state index is -1.19. The predicted octanol–water partition coefficient (Wildman–Crippen LogP) is 5.71. The summed E-state index contributed by atoms with van der Waals surface area (Å²) in [5, 5.41) is 27.0. The van der Waals surface area contributed by atoms with E-state index in [-0.39, 0.29) is 12.2 Å². The van der Waals surface area contributed by atoms with Gasteiger partial charge in [-0.25, -0.2) is 4.79 Å². The summed E-state index contributed by atoms with van der Waals surface area (Å²) in [6.45, 7) is 4.68. The van der Waals surface area contributed by atoms with Crippen LogP contribution < -0.4 is 10.6 Å². The molecule has 0 aliphatic rings. The van der Waals surface area contributed by atoms with Crippen LogP contribution in [0.5, 0.6) is 5.75 Å². The van der Waals surface area contributed by atoms with Crippen LogP contribution in [0.25, 0.3) is 10.8 Å². The van der Waals surface area contributed by atoms with E-state index in [9.17, 15) is 24.8 Å². The zero-order chi connectivity index (χ0) is 31.0. The lowest BCUT2D eigenvalue weighted by molar-refractivity contribution is -0.140. The Morgan fingerprint density at radius 2 is 1.56 bits per heavy atom. The molecule has 9 heteroatoms. The summed E-state index contributed by atoms with van der Waals surface area (Å²) in [5.74, 6) is -1.12. The molecule has 2 unspecified atom stereocenters. The number of phenols is 1. The van der Waals surface area contributed by atoms with E-state index in [0.717, 1.165) is 15.7 Å². The number of amides is 3. The van der Waals surface area contributed by atoms with Crippen molar-refractivity contribution in [3.05, 3.63) is 108 Å². The Kier molecular flexibility index (Phi) is 9.63. The number of alkyl carbamates (subject to hydrolysis) is 1. The number of phenolic OH excluding ortho intramolecular Hbond substituents is 1. The number of carbonyl (C=O) groups excluding carboxylic acids is 3. The maximum atomic E-state index is 14.2. The Hall–Kier alpha value is -5.36. The van der Waals surface area contributed by atoms with Gasteiger partial charge in [-0.15, -0.1) is 0 Å². The number of aromatic hydroxyl groups is 1. The third-order valence-electron chi connectivity index (χ3n) is 6.58. The number of ether oxygens (including phenoxy) is 1. The quantitative estimate of drug-likeness (QED) is 0.218. The normalized spacial score (nSPS) is 12.4. The summed E-state index contributed by atoms with van der Waals surface area (Å²) in [5.41, 5.74) is 0.835. The molecular weight excluding hydrogens is 544 g/mol. The topological polar surface area (TPSA) is 132 Å². The Morgan fingerprint density at radius 3 is 2.21 bits per heavy atom. The van der Waals surface area contributed by atoms with Crippen LogP contribution in [0.4, 0.5) is 10.5 Å². The molecule has 220 valence electrons. The number of anilines is 1. The molecule has 9 nitrogen and oxygen atoms in total. The van der Waals surface area contributed by atoms with Crippen LogP contribution in [0.1, 0.15) is 37.9 Å². The highest BCUT2D eigenvalue weighted by molar-refractivity contribution is 6.00. The molecular formula is C34H34N4O5. The second kappa shape index (κ2) is 13.5. The molecule has 0 aliphatic carbocycles. The minimum Gasteiger partial charge on any atom is -0.508 e. The Balaban J connectivity index is 1.70. The fraction of sp³-hybridized carbons (Fsp3) is 0.235. The van der Waals surface area contributed by atoms with Gasteiger partial charge >= 0.3 is 6.09 Å². The second-order valence-corrected chi connectivity index (χ2v) is 11.1. The van der Waals surface area contributed by atoms with E-state index in [2.05, 4.69) is 10.6 Å². The molecule has 0 heterocycles. The number of nitrogens with one attached hydrogen (secondary N) is 2. The van der Waals surface area contributed by atoms with Gasteiger partial charge in [0.15, 0.2) is 0 Å². The number of nitrogens with zero attached hydrogens (tertiary/aromatic N) is 2. The largest absolute Gasteiger partial charge is 0.508 e. The van der Waals surface area contributed by atoms with E-state index in [1.165, 1.54) is 12.1 Å². The molecule has 0 aromatic heterocycles. The number of hydrogen-bond donors (Lipinski definition) is 3. The van der Waals surface area contributed by atoms with Gasteiger partial charge in [-0.1, -0.05) is 72.8 Å². The zero-order valence-electron chi connectivity index (χ0n) is 24.3. The minimum absolute atomic E-state index is 0.0219. The van der Waals surface area contributed by atoms with Crippen LogP contribution in [-0.4, -0.2) is 46.1 Å². The summed E-state index contributed by atoms with van der Waals surface area (Å²) in [6, 6.07) is 27.7. The molecule has 0 saturated carbocycles. The molecule has 4 aromatic carbocycles. The van der Waals surface area contributed by atoms with Gasteiger partial charge in [0.2, 0.25) is 5.91 Å². The van der Waals surface area contributed by atoms with Gasteiger partial charge in [-0.3, -0.25) is 9.59 Å². The molecule has 3 N–H and O–H groups in total. The van der Waals surface area contributed by atoms with Gasteiger partial charge < -0.3 is 25.4 Å². The van der Waals surface area contributed by atoms with Crippen LogP contribution in [0, 0.1) is 11.3 Å². The van der Waals surface area contributed by atoms with Crippen LogP contribution in [0.3, 0.4) is 0 Å². The molecule has 0 aliphatic heterocycles. The summed E-state index contributed by atoms with van der Waals surface area (Å²) in [6.07, 6.45) is -0.799. The van der Waals surface area contributed by atoms with E-state index in [1.807, 2.05) is 42.5 Å². The fourth-order valence-electron chi connectivity index (χ4n) is 4.68. The monoisotopic (exact) mass is 578 g/mol. The number of hydrogen-bond acceptors (Lipinski definition) is 6. The average Bonchev–Trinajstić information content (AvgIpc) is 2.97. The van der Waals surface area contributed by atoms with Crippen molar-refractivity contribution < 1.29 is 24.2 Å². The highest BCUT2D eigenvalue weighted by Crippen LogP contribution is 2.26. The van der Waals surface area contributed by atoms with Crippen LogP contribution in [0.2, 0.25) is 0 Å². The number of benzene rings is 4. The maximum Gasteiger partial charge on any atom is 0.408 e. The SMILES string of the molecule is CC(C)(C)OC(=O)NC(Cc1ccc(O)cc1)C(=O)N(CC#N)C(C(=O)Nc1ccc2ccccc2c1)c1ccccc1. The molecule has 0 saturated heterocycles. The molecule has 4 aromatic rings. The first kappa shape index (κ1) is 30.6. The van der Waals surface area contributed by atoms with Gasteiger partial charge in [0.05, 0.1) is 6.07 Å². The Bertz CT molecular complexity index is 1620. The molecule has 4 rings (SSSR count). The lowest BCUT2D eigenvalue weighted by Gasteiger charge is -2.33. The molecule has 0 spiro atoms. The van der Waals surface area contributed by atoms with Crippen molar-refractivity contribution >= 4 is 34.4 Å². The highest BCUT2D eigenvalue weighted by Gasteiger charge is 2.36. The molecule has 43 heavy (non-hydrogen) atoms. The summed E-state index contributed by atoms with van der Waals surface area (Å²) < 4.78 is 5.42. The highest BCUT2D eigenvalue weighted by atomic mass is 16.6. The van der Waals surface area contributed by atoms with Crippen molar-refractivity contribution in [1.29, 1.82) is 5.26 Å². The number of fused-ring (bicyclic) bond motifs is 1.